The predicted molar refractivity (Wildman–Crippen MR) is 144 cm³/mol. The molecule has 2 aromatic rings. The van der Waals surface area contributed by atoms with Crippen molar-refractivity contribution in [3.8, 4) is 5.75 Å². The Morgan fingerprint density at radius 3 is 2.72 bits per heavy atom. The van der Waals surface area contributed by atoms with Gasteiger partial charge in [-0.3, -0.25) is 4.79 Å². The molecule has 3 aliphatic rings. The van der Waals surface area contributed by atoms with Crippen molar-refractivity contribution in [1.29, 1.82) is 0 Å². The maximum atomic E-state index is 12.8. The molecule has 0 spiro atoms. The quantitative estimate of drug-likeness (QED) is 0.342. The number of benzene rings is 2. The maximum absolute atomic E-state index is 12.8. The van der Waals surface area contributed by atoms with Gasteiger partial charge in [-0.25, -0.2) is 0 Å². The van der Waals surface area contributed by atoms with E-state index < -0.39 is 0 Å². The third kappa shape index (κ3) is 6.98. The van der Waals surface area contributed by atoms with Crippen LogP contribution in [0.5, 0.6) is 5.75 Å². The van der Waals surface area contributed by atoms with Crippen molar-refractivity contribution in [2.24, 2.45) is 0 Å². The van der Waals surface area contributed by atoms with Crippen LogP contribution in [0.15, 0.2) is 54.1 Å². The smallest absolute Gasteiger partial charge is 0.251 e. The van der Waals surface area contributed by atoms with E-state index >= 15 is 0 Å². The zero-order valence-corrected chi connectivity index (χ0v) is 21.4. The van der Waals surface area contributed by atoms with Gasteiger partial charge in [0.25, 0.3) is 5.91 Å². The van der Waals surface area contributed by atoms with Crippen molar-refractivity contribution < 1.29 is 14.3 Å². The Morgan fingerprint density at radius 1 is 1.00 bits per heavy atom. The Labute approximate surface area is 215 Å². The molecule has 5 nitrogen and oxygen atoms in total. The zero-order chi connectivity index (χ0) is 24.6. The number of aryl methyl sites for hydroxylation is 1. The highest BCUT2D eigenvalue weighted by atomic mass is 16.5. The van der Waals surface area contributed by atoms with Gasteiger partial charge >= 0.3 is 0 Å². The lowest BCUT2D eigenvalue weighted by Gasteiger charge is -2.26. The zero-order valence-electron chi connectivity index (χ0n) is 21.4. The van der Waals surface area contributed by atoms with Crippen molar-refractivity contribution >= 4 is 5.91 Å². The number of carbonyl (C=O) groups is 1. The summed E-state index contributed by atoms with van der Waals surface area (Å²) in [6, 6.07) is 14.5. The van der Waals surface area contributed by atoms with Crippen LogP contribution < -0.4 is 15.4 Å². The first-order chi connectivity index (χ1) is 17.7. The van der Waals surface area contributed by atoms with Crippen LogP contribution in [-0.2, 0) is 24.1 Å². The van der Waals surface area contributed by atoms with Gasteiger partial charge in [-0.15, -0.1) is 0 Å². The minimum Gasteiger partial charge on any atom is -0.491 e. The van der Waals surface area contributed by atoms with Gasteiger partial charge in [0.2, 0.25) is 0 Å². The fraction of sp³-hybridized carbons (Fsp3) is 0.516. The number of ether oxygens (including phenoxy) is 2. The molecule has 0 unspecified atom stereocenters. The van der Waals surface area contributed by atoms with E-state index in [1.165, 1.54) is 48.8 Å². The molecule has 5 rings (SSSR count). The summed E-state index contributed by atoms with van der Waals surface area (Å²) >= 11 is 0. The summed E-state index contributed by atoms with van der Waals surface area (Å²) in [5, 5.41) is 6.86. The van der Waals surface area contributed by atoms with Crippen LogP contribution in [-0.4, -0.2) is 37.8 Å². The van der Waals surface area contributed by atoms with E-state index in [4.69, 9.17) is 9.47 Å². The van der Waals surface area contributed by atoms with Crippen LogP contribution in [0.4, 0.5) is 0 Å². The van der Waals surface area contributed by atoms with Gasteiger partial charge in [0, 0.05) is 24.8 Å². The van der Waals surface area contributed by atoms with Gasteiger partial charge in [-0.1, -0.05) is 29.8 Å². The van der Waals surface area contributed by atoms with Crippen LogP contribution in [0.2, 0.25) is 0 Å². The third-order valence-corrected chi connectivity index (χ3v) is 7.75. The molecular weight excluding hydrogens is 448 g/mol. The molecule has 0 saturated carbocycles. The largest absolute Gasteiger partial charge is 0.491 e. The summed E-state index contributed by atoms with van der Waals surface area (Å²) in [6.45, 7) is 3.38. The normalized spacial score (nSPS) is 21.5. The van der Waals surface area contributed by atoms with Gasteiger partial charge in [0.05, 0.1) is 6.10 Å². The Hall–Kier alpha value is -2.63. The fourth-order valence-electron chi connectivity index (χ4n) is 5.59. The number of rotatable bonds is 10. The van der Waals surface area contributed by atoms with E-state index in [1.54, 1.807) is 5.57 Å². The van der Waals surface area contributed by atoms with E-state index in [0.29, 0.717) is 12.2 Å². The number of hydrogen-bond acceptors (Lipinski definition) is 4. The molecular formula is C31H40N2O3. The van der Waals surface area contributed by atoms with E-state index in [2.05, 4.69) is 34.9 Å². The molecule has 1 saturated heterocycles. The molecule has 1 aliphatic heterocycles. The standard InChI is InChI=1S/C31H40N2O3/c34-31(25-11-14-29(15-12-25)36-22-30-7-4-18-35-30)33-28-13-10-26-19-24(8-9-27(26)20-28)21-32-17-16-23-5-2-1-3-6-23/h5,8-9,11-12,14-15,19,28,30,32H,1-4,6-7,10,13,16-18,20-22H2,(H,33,34)/t28-,30-/m0/s1. The topological polar surface area (TPSA) is 59.6 Å². The second kappa shape index (κ2) is 12.6. The monoisotopic (exact) mass is 488 g/mol. The molecule has 1 fully saturated rings. The second-order valence-electron chi connectivity index (χ2n) is 10.5. The Balaban J connectivity index is 1.06. The number of allylic oxidation sites excluding steroid dienone is 1. The fourth-order valence-corrected chi connectivity index (χ4v) is 5.59. The summed E-state index contributed by atoms with van der Waals surface area (Å²) in [6.07, 6.45) is 14.1. The number of nitrogens with one attached hydrogen (secondary N) is 2. The van der Waals surface area contributed by atoms with Crippen molar-refractivity contribution in [3.63, 3.8) is 0 Å². The first kappa shape index (κ1) is 25.0. The van der Waals surface area contributed by atoms with Crippen molar-refractivity contribution in [1.82, 2.24) is 10.6 Å². The number of carbonyl (C=O) groups excluding carboxylic acids is 1. The first-order valence-electron chi connectivity index (χ1n) is 13.9. The van der Waals surface area contributed by atoms with E-state index in [-0.39, 0.29) is 18.1 Å². The van der Waals surface area contributed by atoms with Crippen molar-refractivity contribution in [3.05, 3.63) is 76.4 Å². The SMILES string of the molecule is O=C(N[C@H]1CCc2cc(CNCCC3=CCCCC3)ccc2C1)c1ccc(OC[C@@H]2CCCO2)cc1. The summed E-state index contributed by atoms with van der Waals surface area (Å²) in [4.78, 5) is 12.8. The minimum atomic E-state index is -0.0111. The number of hydrogen-bond donors (Lipinski definition) is 2. The molecule has 36 heavy (non-hydrogen) atoms. The molecule has 192 valence electrons. The molecule has 2 aromatic carbocycles. The van der Waals surface area contributed by atoms with Crippen LogP contribution in [0.3, 0.4) is 0 Å². The summed E-state index contributed by atoms with van der Waals surface area (Å²) in [5.74, 6) is 0.771. The summed E-state index contributed by atoms with van der Waals surface area (Å²) in [5.41, 5.74) is 6.46. The van der Waals surface area contributed by atoms with Gasteiger partial charge < -0.3 is 20.1 Å². The molecule has 5 heteroatoms. The Bertz CT molecular complexity index is 1040. The van der Waals surface area contributed by atoms with Gasteiger partial charge in [0.15, 0.2) is 0 Å². The lowest BCUT2D eigenvalue weighted by atomic mass is 9.87. The lowest BCUT2D eigenvalue weighted by molar-refractivity contribution is 0.0679. The highest BCUT2D eigenvalue weighted by Crippen LogP contribution is 2.24. The Kier molecular flexibility index (Phi) is 8.73. The summed E-state index contributed by atoms with van der Waals surface area (Å²) < 4.78 is 11.4. The molecule has 0 radical (unpaired) electrons. The molecule has 0 bridgehead atoms. The first-order valence-corrected chi connectivity index (χ1v) is 13.9. The molecule has 0 aromatic heterocycles. The van der Waals surface area contributed by atoms with Gasteiger partial charge in [0.1, 0.15) is 12.4 Å². The maximum Gasteiger partial charge on any atom is 0.251 e. The second-order valence-corrected chi connectivity index (χ2v) is 10.5. The van der Waals surface area contributed by atoms with E-state index in [9.17, 15) is 4.79 Å². The lowest BCUT2D eigenvalue weighted by Crippen LogP contribution is -2.38. The Morgan fingerprint density at radius 2 is 1.92 bits per heavy atom. The predicted octanol–water partition coefficient (Wildman–Crippen LogP) is 5.51. The van der Waals surface area contributed by atoms with Crippen molar-refractivity contribution in [2.75, 3.05) is 19.8 Å². The number of amides is 1. The highest BCUT2D eigenvalue weighted by Gasteiger charge is 2.21. The van der Waals surface area contributed by atoms with Crippen LogP contribution in [0, 0.1) is 0 Å². The highest BCUT2D eigenvalue weighted by molar-refractivity contribution is 5.94. The number of fused-ring (bicyclic) bond motifs is 1. The molecule has 1 amide bonds. The van der Waals surface area contributed by atoms with E-state index in [0.717, 1.165) is 57.6 Å². The van der Waals surface area contributed by atoms with Gasteiger partial charge in [-0.2, -0.15) is 0 Å². The van der Waals surface area contributed by atoms with Crippen LogP contribution in [0.25, 0.3) is 0 Å². The third-order valence-electron chi connectivity index (χ3n) is 7.75. The van der Waals surface area contributed by atoms with E-state index in [1.807, 2.05) is 24.3 Å². The minimum absolute atomic E-state index is 0.0111. The average Bonchev–Trinajstić information content (AvgIpc) is 3.45. The average molecular weight is 489 g/mol. The van der Waals surface area contributed by atoms with Crippen LogP contribution >= 0.6 is 0 Å². The molecule has 1 heterocycles. The molecule has 2 N–H and O–H groups in total. The van der Waals surface area contributed by atoms with Crippen LogP contribution in [0.1, 0.15) is 78.4 Å². The molecule has 2 aliphatic carbocycles. The molecule has 2 atom stereocenters. The summed E-state index contributed by atoms with van der Waals surface area (Å²) in [7, 11) is 0. The van der Waals surface area contributed by atoms with Crippen molar-refractivity contribution in [2.45, 2.75) is 82.9 Å². The van der Waals surface area contributed by atoms with Gasteiger partial charge in [-0.05, 0) is 112 Å².